The summed E-state index contributed by atoms with van der Waals surface area (Å²) in [5.74, 6) is -0.0811. The number of likely N-dealkylation sites (tertiary alicyclic amines) is 2. The highest BCUT2D eigenvalue weighted by atomic mass is 16.5. The maximum atomic E-state index is 14.0. The number of carbonyl (C=O) groups is 4. The number of aromatic amines is 2. The zero-order valence-electron chi connectivity index (χ0n) is 39.9. The van der Waals surface area contributed by atoms with E-state index in [9.17, 15) is 34.5 Å². The number of rotatable bonds is 11. The summed E-state index contributed by atoms with van der Waals surface area (Å²) in [6.45, 7) is 14.1. The Bertz CT molecular complexity index is 2640. The van der Waals surface area contributed by atoms with Gasteiger partial charge in [0.05, 0.1) is 65.6 Å². The van der Waals surface area contributed by atoms with Crippen LogP contribution in [0.2, 0.25) is 0 Å². The van der Waals surface area contributed by atoms with Crippen LogP contribution in [0, 0.1) is 11.8 Å². The molecule has 2 aromatic heterocycles. The number of fused-ring (bicyclic) bond motifs is 2. The second-order valence-corrected chi connectivity index (χ2v) is 20.3. The summed E-state index contributed by atoms with van der Waals surface area (Å²) in [7, 11) is 2.66. The van der Waals surface area contributed by atoms with Gasteiger partial charge < -0.3 is 50.0 Å². The zero-order chi connectivity index (χ0) is 48.2. The van der Waals surface area contributed by atoms with Gasteiger partial charge in [0, 0.05) is 38.7 Å². The van der Waals surface area contributed by atoms with E-state index in [2.05, 4.69) is 89.5 Å². The Balaban J connectivity index is 1.11. The molecule has 0 bridgehead atoms. The van der Waals surface area contributed by atoms with Crippen LogP contribution in [-0.4, -0.2) is 125 Å². The van der Waals surface area contributed by atoms with Crippen molar-refractivity contribution in [2.75, 3.05) is 32.1 Å². The van der Waals surface area contributed by atoms with Gasteiger partial charge in [-0.05, 0) is 83.2 Å². The Labute approximate surface area is 390 Å². The number of carbonyl (C=O) groups excluding carboxylic acids is 3. The van der Waals surface area contributed by atoms with Crippen molar-refractivity contribution in [3.63, 3.8) is 0 Å². The number of aliphatic hydroxyl groups is 2. The molecule has 3 saturated heterocycles. The van der Waals surface area contributed by atoms with Gasteiger partial charge in [0.2, 0.25) is 11.8 Å². The summed E-state index contributed by atoms with van der Waals surface area (Å²) in [6, 6.07) is 18.4. The quantitative estimate of drug-likeness (QED) is 0.0785. The van der Waals surface area contributed by atoms with Crippen molar-refractivity contribution in [1.29, 1.82) is 0 Å². The van der Waals surface area contributed by atoms with Gasteiger partial charge in [0.1, 0.15) is 23.7 Å². The molecule has 3 aliphatic rings. The molecule has 8 atom stereocenters. The molecule has 17 heteroatoms. The van der Waals surface area contributed by atoms with Crippen LogP contribution in [0.1, 0.15) is 127 Å². The van der Waals surface area contributed by atoms with Gasteiger partial charge >= 0.3 is 12.2 Å². The molecule has 6 N–H and O–H groups in total. The molecule has 3 aliphatic heterocycles. The molecule has 17 nitrogen and oxygen atoms in total. The van der Waals surface area contributed by atoms with E-state index in [1.54, 1.807) is 9.80 Å². The van der Waals surface area contributed by atoms with Crippen LogP contribution in [0.4, 0.5) is 15.3 Å². The molecule has 0 radical (unpaired) electrons. The number of H-pyrrole nitrogens is 2. The van der Waals surface area contributed by atoms with Crippen molar-refractivity contribution in [2.45, 2.75) is 128 Å². The molecule has 3 aromatic carbocycles. The number of aromatic nitrogens is 4. The van der Waals surface area contributed by atoms with Gasteiger partial charge in [0.25, 0.3) is 0 Å². The monoisotopic (exact) mass is 919 g/mol. The zero-order valence-corrected chi connectivity index (χ0v) is 39.9. The maximum Gasteiger partial charge on any atom is 0.407 e. The molecule has 5 heterocycles. The Morgan fingerprint density at radius 2 is 1.30 bits per heavy atom. The number of imidazole rings is 2. The Morgan fingerprint density at radius 1 is 0.746 bits per heavy atom. The van der Waals surface area contributed by atoms with Crippen LogP contribution in [0.3, 0.4) is 0 Å². The van der Waals surface area contributed by atoms with Crippen molar-refractivity contribution in [2.24, 2.45) is 11.8 Å². The van der Waals surface area contributed by atoms with Crippen molar-refractivity contribution in [3.05, 3.63) is 89.0 Å². The molecule has 3 fully saturated rings. The number of hydrogen-bond acceptors (Lipinski definition) is 10. The summed E-state index contributed by atoms with van der Waals surface area (Å²) >= 11 is 0. The number of benzene rings is 3. The largest absolute Gasteiger partial charge is 0.465 e. The van der Waals surface area contributed by atoms with E-state index >= 15 is 0 Å². The first kappa shape index (κ1) is 47.3. The lowest BCUT2D eigenvalue weighted by Crippen LogP contribution is -2.51. The van der Waals surface area contributed by atoms with E-state index in [1.165, 1.54) is 19.7 Å². The van der Waals surface area contributed by atoms with E-state index in [4.69, 9.17) is 14.7 Å². The number of carboxylic acid groups (broad SMARTS) is 1. The van der Waals surface area contributed by atoms with Crippen LogP contribution in [-0.2, 0) is 19.7 Å². The predicted octanol–water partition coefficient (Wildman–Crippen LogP) is 7.10. The van der Waals surface area contributed by atoms with Crippen LogP contribution in [0.5, 0.6) is 0 Å². The minimum Gasteiger partial charge on any atom is -0.465 e. The summed E-state index contributed by atoms with van der Waals surface area (Å²) in [6.07, 6.45) is -1.16. The number of β-amino-alcohol motifs (C(OH)–C–C–N with tert-alkyl or cyclic N) is 2. The molecule has 5 aromatic rings. The van der Waals surface area contributed by atoms with Crippen molar-refractivity contribution >= 4 is 51.8 Å². The highest BCUT2D eigenvalue weighted by Crippen LogP contribution is 2.48. The molecule has 0 saturated carbocycles. The minimum atomic E-state index is -1.20. The fourth-order valence-electron chi connectivity index (χ4n) is 10.5. The highest BCUT2D eigenvalue weighted by Gasteiger charge is 2.44. The minimum absolute atomic E-state index is 0.0242. The van der Waals surface area contributed by atoms with E-state index in [1.807, 2.05) is 39.8 Å². The topological polar surface area (TPSA) is 221 Å². The van der Waals surface area contributed by atoms with E-state index in [0.29, 0.717) is 18.1 Å². The average Bonchev–Trinajstić information content (AvgIpc) is 4.13. The molecule has 0 spiro atoms. The molecule has 0 unspecified atom stereocenters. The van der Waals surface area contributed by atoms with Crippen molar-refractivity contribution in [1.82, 2.24) is 40.0 Å². The highest BCUT2D eigenvalue weighted by molar-refractivity contribution is 5.87. The first-order chi connectivity index (χ1) is 31.7. The fraction of sp³-hybridized carbons (Fsp3) is 0.520. The Hall–Kier alpha value is -6.20. The van der Waals surface area contributed by atoms with Crippen molar-refractivity contribution in [3.8, 4) is 0 Å². The summed E-state index contributed by atoms with van der Waals surface area (Å²) in [4.78, 5) is 75.6. The summed E-state index contributed by atoms with van der Waals surface area (Å²) < 4.78 is 4.80. The number of methoxy groups -OCH3 is 1. The van der Waals surface area contributed by atoms with Gasteiger partial charge in [-0.2, -0.15) is 0 Å². The maximum absolute atomic E-state index is 14.0. The number of amides is 4. The lowest BCUT2D eigenvalue weighted by Gasteiger charge is -2.34. The third-order valence-corrected chi connectivity index (χ3v) is 14.0. The molecule has 4 amide bonds. The van der Waals surface area contributed by atoms with Crippen LogP contribution in [0.25, 0.3) is 22.1 Å². The van der Waals surface area contributed by atoms with Gasteiger partial charge in [-0.1, -0.05) is 72.7 Å². The number of anilines is 1. The number of nitrogens with zero attached hydrogens (tertiary/aromatic N) is 6. The lowest BCUT2D eigenvalue weighted by molar-refractivity contribution is -0.139. The first-order valence-electron chi connectivity index (χ1n) is 23.4. The average molecular weight is 920 g/mol. The fourth-order valence-corrected chi connectivity index (χ4v) is 10.5. The normalized spacial score (nSPS) is 23.1. The third kappa shape index (κ3) is 9.27. The standard InChI is InChI=1S/C50H65N9O8/c1-26(2)42(55-48(64)67-9)46(62)57-24-32(60)22-40(57)44-51-34-16-10-28(20-36(34)53-44)38-18-19-39(59(38)31-14-12-30(13-15-31)50(5,6)7)29-11-17-35-37(21-29)54-45(52-35)41-23-33(61)25-58(41)47(63)43(27(3)4)56(8)49(65)66/h10-17,20-21,26-27,32-33,38-43,60-61H,18-19,22-25H2,1-9H3,(H,51,53)(H,52,54)(H,55,64)(H,65,66)/t32-,33-,38+,39+,40-,41-,42-,43-/m0/s1. The smallest absolute Gasteiger partial charge is 0.407 e. The van der Waals surface area contributed by atoms with Gasteiger partial charge in [0.15, 0.2) is 0 Å². The van der Waals surface area contributed by atoms with Gasteiger partial charge in [-0.25, -0.2) is 19.6 Å². The van der Waals surface area contributed by atoms with Crippen LogP contribution >= 0.6 is 0 Å². The molecule has 0 aliphatic carbocycles. The third-order valence-electron chi connectivity index (χ3n) is 14.0. The molecular formula is C50H65N9O8. The van der Waals surface area contributed by atoms with E-state index in [0.717, 1.165) is 56.6 Å². The summed E-state index contributed by atoms with van der Waals surface area (Å²) in [5.41, 5.74) is 7.50. The van der Waals surface area contributed by atoms with Crippen LogP contribution in [0.15, 0.2) is 60.7 Å². The van der Waals surface area contributed by atoms with Crippen molar-refractivity contribution < 1.29 is 39.2 Å². The van der Waals surface area contributed by atoms with Gasteiger partial charge in [-0.15, -0.1) is 0 Å². The number of alkyl carbamates (subject to hydrolysis) is 1. The SMILES string of the molecule is COC(=O)N[C@H](C(=O)N1C[C@@H](O)C[C@H]1c1nc2cc([C@H]3CC[C@H](c4ccc5nc([C@@H]6C[C@H](O)CN6C(=O)[C@H](C(C)C)N(C)C(=O)O)[nH]c5c4)N3c3ccc(C(C)(C)C)cc3)ccc2[nH]1)C(C)C. The number of likely N-dealkylation sites (N-methyl/N-ethyl adjacent to an activating group) is 1. The van der Waals surface area contributed by atoms with E-state index in [-0.39, 0.29) is 60.7 Å². The predicted molar refractivity (Wildman–Crippen MR) is 253 cm³/mol. The Kier molecular flexibility index (Phi) is 13.0. The number of aliphatic hydroxyl groups excluding tert-OH is 2. The number of ether oxygens (including phenoxy) is 1. The lowest BCUT2D eigenvalue weighted by atomic mass is 9.87. The summed E-state index contributed by atoms with van der Waals surface area (Å²) in [5, 5.41) is 34.1. The first-order valence-corrected chi connectivity index (χ1v) is 23.4. The van der Waals surface area contributed by atoms with E-state index < -0.39 is 48.6 Å². The number of nitrogens with one attached hydrogen (secondary N) is 3. The second-order valence-electron chi connectivity index (χ2n) is 20.3. The van der Waals surface area contributed by atoms with Gasteiger partial charge in [-0.3, -0.25) is 14.5 Å². The Morgan fingerprint density at radius 3 is 1.85 bits per heavy atom. The second kappa shape index (κ2) is 18.5. The molecule has 67 heavy (non-hydrogen) atoms. The van der Waals surface area contributed by atoms with Crippen LogP contribution < -0.4 is 10.2 Å². The molecule has 8 rings (SSSR count). The molecular weight excluding hydrogens is 855 g/mol. The molecule has 358 valence electrons. The number of hydrogen-bond donors (Lipinski definition) is 6.